The van der Waals surface area contributed by atoms with Gasteiger partial charge in [-0.1, -0.05) is 12.1 Å². The van der Waals surface area contributed by atoms with Gasteiger partial charge in [-0.3, -0.25) is 9.97 Å². The second kappa shape index (κ2) is 12.0. The molecule has 7 rings (SSSR count). The van der Waals surface area contributed by atoms with Crippen LogP contribution in [0.25, 0.3) is 12.2 Å². The molecule has 4 atom stereocenters. The monoisotopic (exact) mass is 583 g/mol. The molecule has 7 heterocycles. The van der Waals surface area contributed by atoms with Gasteiger partial charge in [0.2, 0.25) is 0 Å². The minimum Gasteiger partial charge on any atom is -0.373 e. The van der Waals surface area contributed by atoms with Crippen LogP contribution in [0.15, 0.2) is 130 Å². The zero-order chi connectivity index (χ0) is 30.8. The van der Waals surface area contributed by atoms with Crippen LogP contribution in [0.1, 0.15) is 32.7 Å². The zero-order valence-electron chi connectivity index (χ0n) is 25.6. The third-order valence-corrected chi connectivity index (χ3v) is 8.00. The van der Waals surface area contributed by atoms with Crippen molar-refractivity contribution in [1.29, 1.82) is 0 Å². The summed E-state index contributed by atoms with van der Waals surface area (Å²) in [7, 11) is 0. The number of aromatic amines is 1. The summed E-state index contributed by atoms with van der Waals surface area (Å²) in [6, 6.07) is 11.8. The molecular formula is C36H34N6O2. The van der Waals surface area contributed by atoms with Gasteiger partial charge < -0.3 is 19.8 Å². The minimum atomic E-state index is -0.966. The normalized spacial score (nSPS) is 27.4. The van der Waals surface area contributed by atoms with E-state index in [4.69, 9.17) is 19.5 Å². The Balaban J connectivity index is 1.33. The summed E-state index contributed by atoms with van der Waals surface area (Å²) in [5.74, 6) is 0. The van der Waals surface area contributed by atoms with Crippen molar-refractivity contribution in [3.05, 3.63) is 142 Å². The lowest BCUT2D eigenvalue weighted by molar-refractivity contribution is 0.00699. The fraction of sp³-hybridized carbons (Fsp3) is 0.222. The first-order chi connectivity index (χ1) is 21.9. The summed E-state index contributed by atoms with van der Waals surface area (Å²) in [6.45, 7) is 4.73. The van der Waals surface area contributed by atoms with Crippen LogP contribution in [0, 0.1) is 0 Å². The average Bonchev–Trinajstić information content (AvgIpc) is 3.85. The standard InChI is InChI=1S/C36H34N6O2/c1-24(43-22-26-5-3-13-37-20-26)34-19-36(25(2)44-23-27-6-4-14-38-21-27)18-33-12-11-31(41-33)16-29-8-7-28(39-29)15-30-9-10-32(40-30)17-35(34)42-36/h3-18,20-21,24-25,39,42H,19,22-23H2,1-2H3/b28-15-,29-16-,32-17-,33-18-/i19D. The maximum absolute atomic E-state index is 9.83. The number of allylic oxidation sites excluding steroid dienone is 5. The summed E-state index contributed by atoms with van der Waals surface area (Å²) < 4.78 is 22.7. The molecule has 3 aromatic heterocycles. The van der Waals surface area contributed by atoms with Crippen molar-refractivity contribution in [3.8, 4) is 0 Å². The summed E-state index contributed by atoms with van der Waals surface area (Å²) in [6.07, 6.45) is 21.5. The van der Waals surface area contributed by atoms with Gasteiger partial charge in [-0.15, -0.1) is 0 Å². The summed E-state index contributed by atoms with van der Waals surface area (Å²) in [5, 5.41) is 5.64. The van der Waals surface area contributed by atoms with Gasteiger partial charge in [0.1, 0.15) is 0 Å². The van der Waals surface area contributed by atoms with Crippen LogP contribution < -0.4 is 16.0 Å². The van der Waals surface area contributed by atoms with Gasteiger partial charge in [-0.05, 0) is 103 Å². The quantitative estimate of drug-likeness (QED) is 0.411. The van der Waals surface area contributed by atoms with Crippen molar-refractivity contribution in [2.45, 2.75) is 51.2 Å². The molecule has 0 fully saturated rings. The van der Waals surface area contributed by atoms with E-state index in [0.717, 1.165) is 55.9 Å². The number of pyridine rings is 2. The van der Waals surface area contributed by atoms with Gasteiger partial charge in [0.25, 0.3) is 0 Å². The first kappa shape index (κ1) is 26.7. The number of hydrogen-bond acceptors (Lipinski definition) is 7. The molecule has 8 bridgehead atoms. The Kier molecular flexibility index (Phi) is 7.27. The van der Waals surface area contributed by atoms with E-state index >= 15 is 0 Å². The predicted octanol–water partition coefficient (Wildman–Crippen LogP) is 4.37. The number of fused-ring (bicyclic) bond motifs is 6. The topological polar surface area (TPSA) is 96.8 Å². The van der Waals surface area contributed by atoms with Gasteiger partial charge in [0.15, 0.2) is 0 Å². The Bertz CT molecular complexity index is 1940. The molecule has 4 aliphatic heterocycles. The number of ether oxygens (including phenoxy) is 2. The summed E-state index contributed by atoms with van der Waals surface area (Å²) in [4.78, 5) is 21.7. The molecule has 0 radical (unpaired) electrons. The fourth-order valence-corrected chi connectivity index (χ4v) is 5.60. The first-order valence-corrected chi connectivity index (χ1v) is 14.8. The molecule has 0 spiro atoms. The molecule has 8 heteroatoms. The van der Waals surface area contributed by atoms with E-state index in [2.05, 4.69) is 20.3 Å². The number of nitrogens with one attached hydrogen (secondary N) is 2. The van der Waals surface area contributed by atoms with Crippen LogP contribution in [0.2, 0.25) is 0 Å². The van der Waals surface area contributed by atoms with E-state index in [9.17, 15) is 1.37 Å². The van der Waals surface area contributed by atoms with Crippen molar-refractivity contribution in [1.82, 2.24) is 20.3 Å². The van der Waals surface area contributed by atoms with Crippen LogP contribution >= 0.6 is 0 Å². The Morgan fingerprint density at radius 3 is 2.11 bits per heavy atom. The predicted molar refractivity (Wildman–Crippen MR) is 173 cm³/mol. The van der Waals surface area contributed by atoms with Crippen LogP contribution in [0.4, 0.5) is 0 Å². The molecular weight excluding hydrogens is 548 g/mol. The number of hydrogen-bond donors (Lipinski definition) is 2. The number of aliphatic imine (C=N–C) groups is 2. The highest BCUT2D eigenvalue weighted by Crippen LogP contribution is 2.39. The Morgan fingerprint density at radius 2 is 1.45 bits per heavy atom. The minimum absolute atomic E-state index is 0.354. The molecule has 4 aliphatic rings. The highest BCUT2D eigenvalue weighted by molar-refractivity contribution is 6.20. The number of nitrogens with zero attached hydrogens (tertiary/aromatic N) is 4. The number of rotatable bonds is 8. The van der Waals surface area contributed by atoms with Crippen molar-refractivity contribution in [2.75, 3.05) is 0 Å². The maximum Gasteiger partial charge on any atom is 0.0878 e. The van der Waals surface area contributed by atoms with Crippen molar-refractivity contribution < 1.29 is 10.8 Å². The lowest BCUT2D eigenvalue weighted by Crippen LogP contribution is -2.49. The molecule has 0 aliphatic carbocycles. The summed E-state index contributed by atoms with van der Waals surface area (Å²) in [5.41, 5.74) is 5.77. The van der Waals surface area contributed by atoms with Crippen LogP contribution in [0.3, 0.4) is 0 Å². The van der Waals surface area contributed by atoms with E-state index in [1.165, 1.54) is 0 Å². The van der Waals surface area contributed by atoms with Crippen molar-refractivity contribution in [3.63, 3.8) is 0 Å². The zero-order valence-corrected chi connectivity index (χ0v) is 24.6. The molecule has 0 saturated carbocycles. The van der Waals surface area contributed by atoms with E-state index in [1.54, 1.807) is 24.8 Å². The van der Waals surface area contributed by atoms with E-state index in [0.29, 0.717) is 13.2 Å². The summed E-state index contributed by atoms with van der Waals surface area (Å²) >= 11 is 0. The Morgan fingerprint density at radius 1 is 0.818 bits per heavy atom. The molecule has 44 heavy (non-hydrogen) atoms. The van der Waals surface area contributed by atoms with E-state index in [1.807, 2.05) is 98.9 Å². The maximum atomic E-state index is 9.83. The van der Waals surface area contributed by atoms with Crippen molar-refractivity contribution >= 4 is 23.6 Å². The Labute approximate surface area is 257 Å². The van der Waals surface area contributed by atoms with Gasteiger partial charge >= 0.3 is 0 Å². The SMILES string of the molecule is [2H]C1C(C(C)OCc2cccnc2)=C2/C=C3/C=CC(=N3)/C=c3/cc/c([nH]3)=C/C3=NC(=C\C1(C(C)OCc1cccnc1)N2)/C=C3. The van der Waals surface area contributed by atoms with Gasteiger partial charge in [0.05, 0.1) is 53.8 Å². The smallest absolute Gasteiger partial charge is 0.0878 e. The van der Waals surface area contributed by atoms with E-state index < -0.39 is 18.0 Å². The van der Waals surface area contributed by atoms with E-state index in [-0.39, 0.29) is 6.10 Å². The fourth-order valence-electron chi connectivity index (χ4n) is 5.60. The number of H-pyrrole nitrogens is 1. The van der Waals surface area contributed by atoms with Gasteiger partial charge in [-0.2, -0.15) is 0 Å². The van der Waals surface area contributed by atoms with Crippen molar-refractivity contribution in [2.24, 2.45) is 9.98 Å². The highest BCUT2D eigenvalue weighted by atomic mass is 16.5. The lowest BCUT2D eigenvalue weighted by Gasteiger charge is -2.35. The first-order valence-electron chi connectivity index (χ1n) is 15.3. The molecule has 0 aromatic carbocycles. The molecule has 2 N–H and O–H groups in total. The molecule has 0 amide bonds. The van der Waals surface area contributed by atoms with Crippen LogP contribution in [-0.4, -0.2) is 44.1 Å². The Hall–Kier alpha value is -4.92. The average molecular weight is 584 g/mol. The second-order valence-corrected chi connectivity index (χ2v) is 11.2. The number of aromatic nitrogens is 3. The van der Waals surface area contributed by atoms with Crippen LogP contribution in [0.5, 0.6) is 0 Å². The molecule has 4 unspecified atom stereocenters. The second-order valence-electron chi connectivity index (χ2n) is 11.2. The molecule has 0 saturated heterocycles. The van der Waals surface area contributed by atoms with Crippen LogP contribution in [-0.2, 0) is 22.7 Å². The van der Waals surface area contributed by atoms with Gasteiger partial charge in [0, 0.05) is 49.0 Å². The largest absolute Gasteiger partial charge is 0.373 e. The third kappa shape index (κ3) is 6.08. The lowest BCUT2D eigenvalue weighted by atomic mass is 9.86. The molecule has 3 aromatic rings. The third-order valence-electron chi connectivity index (χ3n) is 8.00. The highest BCUT2D eigenvalue weighted by Gasteiger charge is 2.43. The molecule has 220 valence electrons. The van der Waals surface area contributed by atoms with Gasteiger partial charge in [-0.25, -0.2) is 9.98 Å². The molecule has 8 nitrogen and oxygen atoms in total.